The zero-order chi connectivity index (χ0) is 23.7. The predicted molar refractivity (Wildman–Crippen MR) is 124 cm³/mol. The molecule has 0 aliphatic carbocycles. The van der Waals surface area contributed by atoms with Gasteiger partial charge >= 0.3 is 0 Å². The maximum atomic E-state index is 7.21. The lowest BCUT2D eigenvalue weighted by atomic mass is 9.93. The van der Waals surface area contributed by atoms with Crippen molar-refractivity contribution >= 4 is 0 Å². The molecule has 29 heavy (non-hydrogen) atoms. The molecule has 3 nitrogen and oxygen atoms in total. The van der Waals surface area contributed by atoms with Crippen molar-refractivity contribution in [2.75, 3.05) is 0 Å². The second kappa shape index (κ2) is 11.2. The molecule has 2 N–H and O–H groups in total. The number of pyridine rings is 1. The Morgan fingerprint density at radius 3 is 1.79 bits per heavy atom. The van der Waals surface area contributed by atoms with Crippen LogP contribution < -0.4 is 0 Å². The molecule has 0 aliphatic heterocycles. The number of phenolic OH excluding ortho intramolecular Hbond substituents is 1. The van der Waals surface area contributed by atoms with Crippen LogP contribution >= 0.6 is 0 Å². The van der Waals surface area contributed by atoms with Gasteiger partial charge in [0.25, 0.3) is 2.86 Å². The molecule has 2 rings (SSSR count). The number of rotatable bonds is 8. The Morgan fingerprint density at radius 2 is 1.38 bits per heavy atom. The van der Waals surface area contributed by atoms with E-state index in [0.717, 1.165) is 24.1 Å². The second-order valence-corrected chi connectivity index (χ2v) is 9.52. The largest absolute Gasteiger partial charge is 0.508 e. The van der Waals surface area contributed by atoms with E-state index in [2.05, 4.69) is 71.5 Å². The first-order valence-corrected chi connectivity index (χ1v) is 10.9. The fraction of sp³-hybridized carbons (Fsp3) is 0.577. The Kier molecular flexibility index (Phi) is 8.39. The molecular formula is C26H41NO2. The quantitative estimate of drug-likeness (QED) is 0.494. The number of phenols is 1. The van der Waals surface area contributed by atoms with E-state index in [0.29, 0.717) is 35.2 Å². The smallest absolute Gasteiger partial charge is 0.293 e. The summed E-state index contributed by atoms with van der Waals surface area (Å²) in [6.45, 7) is 19.2. The van der Waals surface area contributed by atoms with Gasteiger partial charge in [-0.05, 0) is 72.3 Å². The maximum Gasteiger partial charge on any atom is 0.293 e. The van der Waals surface area contributed by atoms with E-state index in [-0.39, 0.29) is 0 Å². The minimum Gasteiger partial charge on any atom is -0.508 e. The number of hydrogen-bond donors (Lipinski definition) is 2. The van der Waals surface area contributed by atoms with Gasteiger partial charge in [-0.3, -0.25) is 4.98 Å². The molecule has 0 aliphatic rings. The number of aromatic nitrogens is 1. The summed E-state index contributed by atoms with van der Waals surface area (Å²) in [5.74, 6) is 3.38. The average Bonchev–Trinajstić information content (AvgIpc) is 2.69. The van der Waals surface area contributed by atoms with Crippen LogP contribution in [0.2, 0.25) is 0 Å². The number of nitrogens with zero attached hydrogens (tertiary/aromatic N) is 1. The van der Waals surface area contributed by atoms with E-state index in [4.69, 9.17) is 7.97 Å². The van der Waals surface area contributed by atoms with E-state index < -0.39 is 0 Å². The lowest BCUT2D eigenvalue weighted by molar-refractivity contribution is 0.451. The van der Waals surface area contributed by atoms with Crippen molar-refractivity contribution < 1.29 is 10.2 Å². The topological polar surface area (TPSA) is 53.4 Å². The lowest BCUT2D eigenvalue weighted by Gasteiger charge is -2.15. The molecule has 1 aromatic heterocycles. The summed E-state index contributed by atoms with van der Waals surface area (Å²) in [4.78, 5) is 4.33. The monoisotopic (exact) mass is 401 g/mol. The Bertz CT molecular complexity index is 791. The van der Waals surface area contributed by atoms with Crippen molar-refractivity contribution in [2.24, 2.45) is 11.8 Å². The summed E-state index contributed by atoms with van der Waals surface area (Å²) in [7, 11) is 0. The zero-order valence-corrected chi connectivity index (χ0v) is 19.8. The van der Waals surface area contributed by atoms with Gasteiger partial charge in [-0.2, -0.15) is 0 Å². The van der Waals surface area contributed by atoms with Crippen LogP contribution in [0.25, 0.3) is 0 Å². The Hall–Kier alpha value is -2.03. The Morgan fingerprint density at radius 1 is 0.828 bits per heavy atom. The van der Waals surface area contributed by atoms with Crippen LogP contribution in [0.5, 0.6) is 11.5 Å². The number of aryl methyl sites for hydroxylation is 1. The van der Waals surface area contributed by atoms with Gasteiger partial charge in [0.15, 0.2) is 0 Å². The van der Waals surface area contributed by atoms with Gasteiger partial charge in [0.1, 0.15) is 11.5 Å². The van der Waals surface area contributed by atoms with Gasteiger partial charge in [0, 0.05) is 11.8 Å². The fourth-order valence-corrected chi connectivity index (χ4v) is 3.24. The van der Waals surface area contributed by atoms with Crippen LogP contribution in [0, 0.1) is 18.8 Å². The predicted octanol–water partition coefficient (Wildman–Crippen LogP) is 7.13. The maximum absolute atomic E-state index is 7.21. The minimum atomic E-state index is 0.475. The second-order valence-electron chi connectivity index (χ2n) is 9.52. The molecule has 0 fully saturated rings. The third-order valence-electron chi connectivity index (χ3n) is 4.93. The van der Waals surface area contributed by atoms with Gasteiger partial charge in [-0.1, -0.05) is 61.5 Å². The molecule has 0 amide bonds. The van der Waals surface area contributed by atoms with Crippen LogP contribution in [0.4, 0.5) is 0 Å². The van der Waals surface area contributed by atoms with E-state index in [1.54, 1.807) is 0 Å². The minimum absolute atomic E-state index is 0.475. The van der Waals surface area contributed by atoms with E-state index in [1.807, 2.05) is 25.3 Å². The number of aromatic hydroxyl groups is 2. The molecule has 0 saturated carbocycles. The molecule has 0 spiro atoms. The Labute approximate surface area is 181 Å². The third kappa shape index (κ3) is 8.08. The van der Waals surface area contributed by atoms with Crippen LogP contribution in [0.15, 0.2) is 24.4 Å². The van der Waals surface area contributed by atoms with Gasteiger partial charge in [-0.25, -0.2) is 0 Å². The van der Waals surface area contributed by atoms with Crippen LogP contribution in [-0.4, -0.2) is 18.1 Å². The van der Waals surface area contributed by atoms with Gasteiger partial charge in [0.2, 0.25) is 0 Å². The fourth-order valence-electron chi connectivity index (χ4n) is 3.24. The summed E-state index contributed by atoms with van der Waals surface area (Å²) in [5, 5.41) is 9.33. The van der Waals surface area contributed by atoms with E-state index >= 15 is 0 Å². The van der Waals surface area contributed by atoms with Crippen molar-refractivity contribution in [3.05, 3.63) is 52.3 Å². The normalized spacial score (nSPS) is 12.0. The molecule has 3 heteroatoms. The SMILES string of the molecule is [2H]Oc1c(C)ncc(CC(C)C)c1CC(C)C.[2H]Oc1cc(C(C)C)cc(C(C)C)c1. The summed E-state index contributed by atoms with van der Waals surface area (Å²) >= 11 is 0. The highest BCUT2D eigenvalue weighted by molar-refractivity contribution is 5.41. The first-order chi connectivity index (χ1) is 14.5. The summed E-state index contributed by atoms with van der Waals surface area (Å²) in [6, 6.07) is 6.06. The lowest BCUT2D eigenvalue weighted by Crippen LogP contribution is -2.05. The zero-order valence-electron chi connectivity index (χ0n) is 21.8. The van der Waals surface area contributed by atoms with Crippen molar-refractivity contribution in [3.63, 3.8) is 0 Å². The highest BCUT2D eigenvalue weighted by Gasteiger charge is 2.14. The highest BCUT2D eigenvalue weighted by Crippen LogP contribution is 2.28. The summed E-state index contributed by atoms with van der Waals surface area (Å²) in [6.07, 6.45) is 3.88. The van der Waals surface area contributed by atoms with Crippen molar-refractivity contribution in [3.8, 4) is 11.5 Å². The first kappa shape index (κ1) is 21.7. The molecule has 0 saturated heterocycles. The molecule has 0 unspecified atom stereocenters. The van der Waals surface area contributed by atoms with Crippen molar-refractivity contribution in [1.29, 1.82) is 2.86 Å². The van der Waals surface area contributed by atoms with Gasteiger partial charge < -0.3 is 10.2 Å². The molecule has 0 radical (unpaired) electrons. The van der Waals surface area contributed by atoms with E-state index in [9.17, 15) is 0 Å². The molecule has 162 valence electrons. The van der Waals surface area contributed by atoms with Crippen LogP contribution in [-0.2, 0) is 12.8 Å². The summed E-state index contributed by atoms with van der Waals surface area (Å²) < 4.78 is 14.1. The van der Waals surface area contributed by atoms with Gasteiger partial charge in [-0.15, -0.1) is 0 Å². The number of hydrogen-bond acceptors (Lipinski definition) is 3. The standard InChI is InChI=1S/C14H23NO.C12H18O/c1-9(2)6-12-8-15-11(5)14(16)13(12)7-10(3)4;1-8(2)10-5-11(9(3)4)7-12(13)6-10/h8-10,16H,6-7H2,1-5H3;5-9,13H,1-4H3/i/hD2. The molecule has 1 aromatic carbocycles. The number of benzene rings is 1. The molecule has 0 bridgehead atoms. The third-order valence-corrected chi connectivity index (χ3v) is 4.93. The van der Waals surface area contributed by atoms with Crippen molar-refractivity contribution in [1.82, 2.24) is 4.98 Å². The molecule has 0 atom stereocenters. The summed E-state index contributed by atoms with van der Waals surface area (Å²) in [5.41, 5.74) is 5.66. The molecule has 1 heterocycles. The molecule has 2 aromatic rings. The highest BCUT2D eigenvalue weighted by atomic mass is 16.3. The Balaban J connectivity index is 0.000000316. The molecular weight excluding hydrogens is 358 g/mol. The van der Waals surface area contributed by atoms with E-state index in [1.165, 1.54) is 16.7 Å². The average molecular weight is 402 g/mol. The van der Waals surface area contributed by atoms with Gasteiger partial charge in [0.05, 0.1) is 5.69 Å². The first-order valence-electron chi connectivity index (χ1n) is 11.7. The van der Waals surface area contributed by atoms with Crippen LogP contribution in [0.3, 0.4) is 0 Å². The van der Waals surface area contributed by atoms with Crippen molar-refractivity contribution in [2.45, 2.75) is 87.0 Å². The van der Waals surface area contributed by atoms with Crippen LogP contribution in [0.1, 0.15) is 95.2 Å².